The fourth-order valence-corrected chi connectivity index (χ4v) is 3.24. The molecule has 0 radical (unpaired) electrons. The van der Waals surface area contributed by atoms with Gasteiger partial charge in [-0.2, -0.15) is 0 Å². The van der Waals surface area contributed by atoms with Gasteiger partial charge in [0.05, 0.1) is 0 Å². The van der Waals surface area contributed by atoms with E-state index in [-0.39, 0.29) is 24.0 Å². The second-order valence-corrected chi connectivity index (χ2v) is 6.58. The Kier molecular flexibility index (Phi) is 10.7. The molecule has 1 aromatic rings. The number of hydrogen-bond acceptors (Lipinski definition) is 2. The molecular weight excluding hydrogens is 435 g/mol. The first-order valence-corrected chi connectivity index (χ1v) is 9.03. The molecule has 136 valence electrons. The maximum absolute atomic E-state index is 6.02. The highest BCUT2D eigenvalue weighted by Crippen LogP contribution is 2.11. The highest BCUT2D eigenvalue weighted by molar-refractivity contribution is 14.0. The minimum absolute atomic E-state index is 0. The SMILES string of the molecule is CCCN1CCC(NC(=NC)NCCc2cccc(Cl)c2)CC1.I. The van der Waals surface area contributed by atoms with Gasteiger partial charge in [0.2, 0.25) is 0 Å². The quantitative estimate of drug-likeness (QED) is 0.384. The molecule has 2 rings (SSSR count). The van der Waals surface area contributed by atoms with Crippen molar-refractivity contribution < 1.29 is 0 Å². The third kappa shape index (κ3) is 7.57. The molecule has 1 saturated heterocycles. The van der Waals surface area contributed by atoms with Gasteiger partial charge in [-0.3, -0.25) is 4.99 Å². The van der Waals surface area contributed by atoms with E-state index >= 15 is 0 Å². The number of hydrogen-bond donors (Lipinski definition) is 2. The Morgan fingerprint density at radius 1 is 1.33 bits per heavy atom. The van der Waals surface area contributed by atoms with E-state index in [0.717, 1.165) is 23.9 Å². The van der Waals surface area contributed by atoms with Crippen LogP contribution in [0.4, 0.5) is 0 Å². The van der Waals surface area contributed by atoms with Gasteiger partial charge in [0.25, 0.3) is 0 Å². The largest absolute Gasteiger partial charge is 0.356 e. The molecule has 0 aromatic heterocycles. The molecular formula is C18H30ClIN4. The number of halogens is 2. The molecule has 0 amide bonds. The molecule has 0 saturated carbocycles. The number of guanidine groups is 1. The van der Waals surface area contributed by atoms with Gasteiger partial charge in [-0.15, -0.1) is 24.0 Å². The summed E-state index contributed by atoms with van der Waals surface area (Å²) in [7, 11) is 1.83. The first-order valence-electron chi connectivity index (χ1n) is 8.65. The van der Waals surface area contributed by atoms with Crippen molar-refractivity contribution in [1.82, 2.24) is 15.5 Å². The van der Waals surface area contributed by atoms with Gasteiger partial charge in [0.1, 0.15) is 0 Å². The lowest BCUT2D eigenvalue weighted by molar-refractivity contribution is 0.206. The Bertz CT molecular complexity index is 502. The molecule has 0 unspecified atom stereocenters. The highest BCUT2D eigenvalue weighted by atomic mass is 127. The molecule has 24 heavy (non-hydrogen) atoms. The highest BCUT2D eigenvalue weighted by Gasteiger charge is 2.19. The summed E-state index contributed by atoms with van der Waals surface area (Å²) in [5, 5.41) is 7.75. The predicted molar refractivity (Wildman–Crippen MR) is 115 cm³/mol. The molecule has 0 aliphatic carbocycles. The van der Waals surface area contributed by atoms with Gasteiger partial charge in [0.15, 0.2) is 5.96 Å². The van der Waals surface area contributed by atoms with Gasteiger partial charge in [-0.05, 0) is 49.9 Å². The van der Waals surface area contributed by atoms with E-state index in [9.17, 15) is 0 Å². The Hall–Kier alpha value is -0.530. The van der Waals surface area contributed by atoms with Crippen molar-refractivity contribution in [2.45, 2.75) is 38.6 Å². The maximum Gasteiger partial charge on any atom is 0.191 e. The standard InChI is InChI=1S/C18H29ClN4.HI/c1-3-11-23-12-8-17(9-13-23)22-18(20-2)21-10-7-15-5-4-6-16(19)14-15;/h4-6,14,17H,3,7-13H2,1-2H3,(H2,20,21,22);1H. The number of aliphatic imine (C=N–C) groups is 1. The summed E-state index contributed by atoms with van der Waals surface area (Å²) in [4.78, 5) is 6.89. The average Bonchev–Trinajstić information content (AvgIpc) is 2.56. The number of rotatable bonds is 6. The van der Waals surface area contributed by atoms with Crippen LogP contribution in [0.1, 0.15) is 31.7 Å². The van der Waals surface area contributed by atoms with Crippen LogP contribution in [0.25, 0.3) is 0 Å². The van der Waals surface area contributed by atoms with E-state index in [2.05, 4.69) is 33.5 Å². The maximum atomic E-state index is 6.02. The molecule has 1 aliphatic rings. The number of benzene rings is 1. The third-order valence-corrected chi connectivity index (χ3v) is 4.52. The second-order valence-electron chi connectivity index (χ2n) is 6.14. The zero-order valence-electron chi connectivity index (χ0n) is 14.7. The van der Waals surface area contributed by atoms with Gasteiger partial charge < -0.3 is 15.5 Å². The normalized spacial score (nSPS) is 16.5. The van der Waals surface area contributed by atoms with Crippen LogP contribution < -0.4 is 10.6 Å². The number of nitrogens with one attached hydrogen (secondary N) is 2. The van der Waals surface area contributed by atoms with Crippen LogP contribution in [-0.4, -0.2) is 50.1 Å². The smallest absolute Gasteiger partial charge is 0.191 e. The van der Waals surface area contributed by atoms with Crippen molar-refractivity contribution in [1.29, 1.82) is 0 Å². The van der Waals surface area contributed by atoms with Gasteiger partial charge in [0, 0.05) is 37.7 Å². The Morgan fingerprint density at radius 3 is 2.71 bits per heavy atom. The number of nitrogens with zero attached hydrogens (tertiary/aromatic N) is 2. The summed E-state index contributed by atoms with van der Waals surface area (Å²) in [6, 6.07) is 8.55. The first kappa shape index (κ1) is 21.5. The van der Waals surface area contributed by atoms with E-state index in [4.69, 9.17) is 11.6 Å². The van der Waals surface area contributed by atoms with E-state index < -0.39 is 0 Å². The van der Waals surface area contributed by atoms with Gasteiger partial charge in [-0.1, -0.05) is 30.7 Å². The molecule has 0 atom stereocenters. The Morgan fingerprint density at radius 2 is 2.08 bits per heavy atom. The first-order chi connectivity index (χ1) is 11.2. The van der Waals surface area contributed by atoms with E-state index in [0.29, 0.717) is 6.04 Å². The van der Waals surface area contributed by atoms with Crippen molar-refractivity contribution in [2.24, 2.45) is 4.99 Å². The molecule has 1 aliphatic heterocycles. The molecule has 1 fully saturated rings. The molecule has 0 bridgehead atoms. The van der Waals surface area contributed by atoms with Crippen LogP contribution >= 0.6 is 35.6 Å². The van der Waals surface area contributed by atoms with Crippen molar-refractivity contribution in [3.05, 3.63) is 34.9 Å². The average molecular weight is 465 g/mol. The molecule has 6 heteroatoms. The van der Waals surface area contributed by atoms with Crippen molar-refractivity contribution in [3.8, 4) is 0 Å². The lowest BCUT2D eigenvalue weighted by Crippen LogP contribution is -2.49. The number of piperidine rings is 1. The summed E-state index contributed by atoms with van der Waals surface area (Å²) in [6.07, 6.45) is 4.56. The monoisotopic (exact) mass is 464 g/mol. The van der Waals surface area contributed by atoms with Crippen LogP contribution in [0, 0.1) is 0 Å². The zero-order valence-corrected chi connectivity index (χ0v) is 17.8. The molecule has 2 N–H and O–H groups in total. The number of likely N-dealkylation sites (tertiary alicyclic amines) is 1. The summed E-state index contributed by atoms with van der Waals surface area (Å²) in [5.41, 5.74) is 1.24. The van der Waals surface area contributed by atoms with Crippen LogP contribution in [0.5, 0.6) is 0 Å². The Balaban J connectivity index is 0.00000288. The van der Waals surface area contributed by atoms with Crippen molar-refractivity contribution >= 4 is 41.5 Å². The topological polar surface area (TPSA) is 39.7 Å². The van der Waals surface area contributed by atoms with E-state index in [1.807, 2.05) is 25.2 Å². The fraction of sp³-hybridized carbons (Fsp3) is 0.611. The molecule has 1 heterocycles. The molecule has 4 nitrogen and oxygen atoms in total. The fourth-order valence-electron chi connectivity index (χ4n) is 3.02. The van der Waals surface area contributed by atoms with Crippen molar-refractivity contribution in [2.75, 3.05) is 33.2 Å². The predicted octanol–water partition coefficient (Wildman–Crippen LogP) is 3.54. The second kappa shape index (κ2) is 11.9. The van der Waals surface area contributed by atoms with Gasteiger partial charge in [-0.25, -0.2) is 0 Å². The summed E-state index contributed by atoms with van der Waals surface area (Å²) < 4.78 is 0. The zero-order chi connectivity index (χ0) is 16.5. The van der Waals surface area contributed by atoms with E-state index in [1.54, 1.807) is 0 Å². The molecule has 0 spiro atoms. The summed E-state index contributed by atoms with van der Waals surface area (Å²) in [6.45, 7) is 6.69. The lowest BCUT2D eigenvalue weighted by Gasteiger charge is -2.32. The van der Waals surface area contributed by atoms with Crippen LogP contribution in [0.2, 0.25) is 5.02 Å². The minimum atomic E-state index is 0. The van der Waals surface area contributed by atoms with Crippen molar-refractivity contribution in [3.63, 3.8) is 0 Å². The van der Waals surface area contributed by atoms with Crippen LogP contribution in [-0.2, 0) is 6.42 Å². The summed E-state index contributed by atoms with van der Waals surface area (Å²) >= 11 is 6.02. The van der Waals surface area contributed by atoms with Crippen LogP contribution in [0.3, 0.4) is 0 Å². The Labute approximate surface area is 168 Å². The van der Waals surface area contributed by atoms with Crippen LogP contribution in [0.15, 0.2) is 29.3 Å². The summed E-state index contributed by atoms with van der Waals surface area (Å²) in [5.74, 6) is 0.904. The minimum Gasteiger partial charge on any atom is -0.356 e. The van der Waals surface area contributed by atoms with E-state index in [1.165, 1.54) is 44.5 Å². The van der Waals surface area contributed by atoms with Gasteiger partial charge >= 0.3 is 0 Å². The lowest BCUT2D eigenvalue weighted by atomic mass is 10.1. The third-order valence-electron chi connectivity index (χ3n) is 4.29. The molecule has 1 aromatic carbocycles.